The highest BCUT2D eigenvalue weighted by molar-refractivity contribution is 5.97. The van der Waals surface area contributed by atoms with E-state index in [1.165, 1.54) is 18.4 Å². The molecule has 1 aliphatic heterocycles. The van der Waals surface area contributed by atoms with E-state index in [1.54, 1.807) is 0 Å². The summed E-state index contributed by atoms with van der Waals surface area (Å²) in [5.41, 5.74) is 2.19. The molecule has 0 bridgehead atoms. The highest BCUT2D eigenvalue weighted by Crippen LogP contribution is 2.24. The molecule has 21 heavy (non-hydrogen) atoms. The molecule has 0 saturated carbocycles. The third kappa shape index (κ3) is 4.67. The second-order valence-corrected chi connectivity index (χ2v) is 6.73. The summed E-state index contributed by atoms with van der Waals surface area (Å²) in [5, 5.41) is 0. The van der Waals surface area contributed by atoms with E-state index in [4.69, 9.17) is 0 Å². The molecule has 1 aromatic rings. The standard InChI is InChI=1S/C19H29NO/c1-4-5-16-6-8-18(9-7-16)19(21)14-20-12-10-17(11-13-20)15(2)3/h6-9,15,17H,4-5,10-14H2,1-3H3. The lowest BCUT2D eigenvalue weighted by Crippen LogP contribution is -2.38. The van der Waals surface area contributed by atoms with Crippen LogP contribution < -0.4 is 0 Å². The molecule has 0 aliphatic carbocycles. The minimum atomic E-state index is 0.265. The zero-order chi connectivity index (χ0) is 15.2. The molecular weight excluding hydrogens is 258 g/mol. The summed E-state index contributed by atoms with van der Waals surface area (Å²) in [6.45, 7) is 9.52. The van der Waals surface area contributed by atoms with Crippen LogP contribution in [-0.4, -0.2) is 30.3 Å². The summed E-state index contributed by atoms with van der Waals surface area (Å²) in [6, 6.07) is 8.19. The van der Waals surface area contributed by atoms with Crippen LogP contribution in [0.3, 0.4) is 0 Å². The molecule has 1 saturated heterocycles. The molecule has 0 spiro atoms. The van der Waals surface area contributed by atoms with E-state index in [0.717, 1.165) is 43.3 Å². The van der Waals surface area contributed by atoms with Crippen LogP contribution in [0, 0.1) is 11.8 Å². The summed E-state index contributed by atoms with van der Waals surface area (Å²) in [5.74, 6) is 1.87. The number of nitrogens with zero attached hydrogens (tertiary/aromatic N) is 1. The quantitative estimate of drug-likeness (QED) is 0.731. The summed E-state index contributed by atoms with van der Waals surface area (Å²) in [7, 11) is 0. The van der Waals surface area contributed by atoms with Gasteiger partial charge in [0.1, 0.15) is 0 Å². The number of hydrogen-bond acceptors (Lipinski definition) is 2. The molecule has 1 fully saturated rings. The van der Waals surface area contributed by atoms with Gasteiger partial charge in [-0.05, 0) is 49.8 Å². The molecule has 116 valence electrons. The van der Waals surface area contributed by atoms with Crippen molar-refractivity contribution in [2.45, 2.75) is 46.5 Å². The summed E-state index contributed by atoms with van der Waals surface area (Å²) >= 11 is 0. The maximum Gasteiger partial charge on any atom is 0.176 e. The third-order valence-corrected chi connectivity index (χ3v) is 4.76. The normalized spacial score (nSPS) is 17.3. The van der Waals surface area contributed by atoms with Crippen LogP contribution >= 0.6 is 0 Å². The first-order valence-corrected chi connectivity index (χ1v) is 8.44. The number of likely N-dealkylation sites (tertiary alicyclic amines) is 1. The minimum absolute atomic E-state index is 0.265. The number of aryl methyl sites for hydroxylation is 1. The lowest BCUT2D eigenvalue weighted by atomic mass is 9.86. The molecule has 2 nitrogen and oxygen atoms in total. The SMILES string of the molecule is CCCc1ccc(C(=O)CN2CCC(C(C)C)CC2)cc1. The van der Waals surface area contributed by atoms with Gasteiger partial charge in [-0.1, -0.05) is 51.5 Å². The second kappa shape index (κ2) is 7.74. The highest BCUT2D eigenvalue weighted by Gasteiger charge is 2.22. The second-order valence-electron chi connectivity index (χ2n) is 6.73. The molecule has 0 N–H and O–H groups in total. The molecule has 1 heterocycles. The number of Topliss-reactive ketones (excluding diaryl/α,β-unsaturated/α-hetero) is 1. The van der Waals surface area contributed by atoms with Crippen molar-refractivity contribution < 1.29 is 4.79 Å². The van der Waals surface area contributed by atoms with E-state index in [9.17, 15) is 4.79 Å². The van der Waals surface area contributed by atoms with Crippen LogP contribution in [0.15, 0.2) is 24.3 Å². The van der Waals surface area contributed by atoms with Gasteiger partial charge in [-0.15, -0.1) is 0 Å². The van der Waals surface area contributed by atoms with Gasteiger partial charge in [-0.2, -0.15) is 0 Å². The number of carbonyl (C=O) groups excluding carboxylic acids is 1. The van der Waals surface area contributed by atoms with E-state index in [1.807, 2.05) is 12.1 Å². The van der Waals surface area contributed by atoms with Gasteiger partial charge in [0, 0.05) is 5.56 Å². The topological polar surface area (TPSA) is 20.3 Å². The third-order valence-electron chi connectivity index (χ3n) is 4.76. The Balaban J connectivity index is 1.84. The van der Waals surface area contributed by atoms with Gasteiger partial charge in [0.05, 0.1) is 6.54 Å². The predicted molar refractivity (Wildman–Crippen MR) is 88.8 cm³/mol. The van der Waals surface area contributed by atoms with E-state index in [-0.39, 0.29) is 5.78 Å². The number of piperidine rings is 1. The Bertz CT molecular complexity index is 441. The van der Waals surface area contributed by atoms with Gasteiger partial charge in [0.15, 0.2) is 5.78 Å². The van der Waals surface area contributed by atoms with E-state index >= 15 is 0 Å². The van der Waals surface area contributed by atoms with Crippen molar-refractivity contribution in [3.8, 4) is 0 Å². The van der Waals surface area contributed by atoms with Gasteiger partial charge < -0.3 is 0 Å². The van der Waals surface area contributed by atoms with Crippen LogP contribution in [-0.2, 0) is 6.42 Å². The van der Waals surface area contributed by atoms with Crippen LogP contribution in [0.2, 0.25) is 0 Å². The molecule has 0 unspecified atom stereocenters. The predicted octanol–water partition coefficient (Wildman–Crippen LogP) is 4.19. The maximum absolute atomic E-state index is 12.4. The smallest absolute Gasteiger partial charge is 0.176 e. The molecule has 0 atom stereocenters. The van der Waals surface area contributed by atoms with Gasteiger partial charge in [0.2, 0.25) is 0 Å². The number of ketones is 1. The van der Waals surface area contributed by atoms with Gasteiger partial charge in [0.25, 0.3) is 0 Å². The fourth-order valence-electron chi connectivity index (χ4n) is 3.22. The van der Waals surface area contributed by atoms with Crippen molar-refractivity contribution in [2.24, 2.45) is 11.8 Å². The van der Waals surface area contributed by atoms with E-state index in [2.05, 4.69) is 37.8 Å². The van der Waals surface area contributed by atoms with E-state index < -0.39 is 0 Å². The number of benzene rings is 1. The molecule has 1 aliphatic rings. The number of carbonyl (C=O) groups is 1. The molecule has 0 aromatic heterocycles. The average Bonchev–Trinajstić information content (AvgIpc) is 2.49. The maximum atomic E-state index is 12.4. The zero-order valence-corrected chi connectivity index (χ0v) is 13.8. The highest BCUT2D eigenvalue weighted by atomic mass is 16.1. The Morgan fingerprint density at radius 3 is 2.33 bits per heavy atom. The minimum Gasteiger partial charge on any atom is -0.296 e. The Morgan fingerprint density at radius 2 is 1.81 bits per heavy atom. The largest absolute Gasteiger partial charge is 0.296 e. The van der Waals surface area contributed by atoms with Crippen molar-refractivity contribution in [3.05, 3.63) is 35.4 Å². The van der Waals surface area contributed by atoms with Crippen LogP contribution in [0.25, 0.3) is 0 Å². The molecule has 1 aromatic carbocycles. The summed E-state index contributed by atoms with van der Waals surface area (Å²) in [6.07, 6.45) is 4.72. The van der Waals surface area contributed by atoms with Crippen molar-refractivity contribution >= 4 is 5.78 Å². The fraction of sp³-hybridized carbons (Fsp3) is 0.632. The Hall–Kier alpha value is -1.15. The van der Waals surface area contributed by atoms with Crippen molar-refractivity contribution in [1.82, 2.24) is 4.90 Å². The molecule has 2 heteroatoms. The monoisotopic (exact) mass is 287 g/mol. The Kier molecular flexibility index (Phi) is 5.98. The molecule has 2 rings (SSSR count). The van der Waals surface area contributed by atoms with Crippen molar-refractivity contribution in [2.75, 3.05) is 19.6 Å². The number of hydrogen-bond donors (Lipinski definition) is 0. The molecular formula is C19H29NO. The van der Waals surface area contributed by atoms with Gasteiger partial charge >= 0.3 is 0 Å². The van der Waals surface area contributed by atoms with Crippen LogP contribution in [0.1, 0.15) is 56.0 Å². The lowest BCUT2D eigenvalue weighted by Gasteiger charge is -2.33. The summed E-state index contributed by atoms with van der Waals surface area (Å²) in [4.78, 5) is 14.7. The number of rotatable bonds is 6. The summed E-state index contributed by atoms with van der Waals surface area (Å²) < 4.78 is 0. The molecule has 0 radical (unpaired) electrons. The van der Waals surface area contributed by atoms with Crippen LogP contribution in [0.5, 0.6) is 0 Å². The van der Waals surface area contributed by atoms with E-state index in [0.29, 0.717) is 6.54 Å². The zero-order valence-electron chi connectivity index (χ0n) is 13.8. The first kappa shape index (κ1) is 16.2. The van der Waals surface area contributed by atoms with Crippen molar-refractivity contribution in [3.63, 3.8) is 0 Å². The first-order chi connectivity index (χ1) is 10.1. The average molecular weight is 287 g/mol. The first-order valence-electron chi connectivity index (χ1n) is 8.44. The van der Waals surface area contributed by atoms with Crippen LogP contribution in [0.4, 0.5) is 0 Å². The van der Waals surface area contributed by atoms with Crippen molar-refractivity contribution in [1.29, 1.82) is 0 Å². The molecule has 0 amide bonds. The van der Waals surface area contributed by atoms with Gasteiger partial charge in [-0.25, -0.2) is 0 Å². The lowest BCUT2D eigenvalue weighted by molar-refractivity contribution is 0.0880. The Morgan fingerprint density at radius 1 is 1.19 bits per heavy atom. The van der Waals surface area contributed by atoms with Gasteiger partial charge in [-0.3, -0.25) is 9.69 Å². The fourth-order valence-corrected chi connectivity index (χ4v) is 3.22. The Labute approximate surface area is 129 Å².